The van der Waals surface area contributed by atoms with Crippen LogP contribution in [0.2, 0.25) is 5.02 Å². The summed E-state index contributed by atoms with van der Waals surface area (Å²) >= 11 is 6.18. The minimum Gasteiger partial charge on any atom is -0.496 e. The van der Waals surface area contributed by atoms with Crippen LogP contribution in [0.1, 0.15) is 23.1 Å². The Morgan fingerprint density at radius 3 is 2.71 bits per heavy atom. The van der Waals surface area contributed by atoms with Crippen molar-refractivity contribution in [2.45, 2.75) is 26.7 Å². The lowest BCUT2D eigenvalue weighted by Gasteiger charge is -2.14. The number of ether oxygens (including phenoxy) is 1. The number of amides is 1. The molecule has 3 N–H and O–H groups in total. The quantitative estimate of drug-likeness (QED) is 0.491. The third-order valence-corrected chi connectivity index (χ3v) is 3.34. The van der Waals surface area contributed by atoms with Gasteiger partial charge in [0.15, 0.2) is 0 Å². The number of benzene rings is 1. The summed E-state index contributed by atoms with van der Waals surface area (Å²) in [5.41, 5.74) is 4.97. The lowest BCUT2D eigenvalue weighted by atomic mass is 10.00. The van der Waals surface area contributed by atoms with E-state index in [1.807, 2.05) is 19.9 Å². The maximum absolute atomic E-state index is 11.1. The van der Waals surface area contributed by atoms with Crippen molar-refractivity contribution in [1.29, 1.82) is 0 Å². The number of hydrogen-bond donors (Lipinski definition) is 2. The molecule has 0 aliphatic carbocycles. The molecule has 0 aromatic heterocycles. The van der Waals surface area contributed by atoms with Gasteiger partial charge in [-0.15, -0.1) is 0 Å². The molecule has 1 aromatic carbocycles. The molecule has 0 fully saturated rings. The number of rotatable bonds is 4. The number of nitrogens with two attached hydrogens (primary N) is 1. The van der Waals surface area contributed by atoms with E-state index in [9.17, 15) is 4.79 Å². The molecular formula is C12H17ClN2O2. The molecule has 17 heavy (non-hydrogen) atoms. The summed E-state index contributed by atoms with van der Waals surface area (Å²) in [6, 6.07) is 1.88. The van der Waals surface area contributed by atoms with Gasteiger partial charge in [0.2, 0.25) is 5.91 Å². The largest absolute Gasteiger partial charge is 0.496 e. The Balaban J connectivity index is 3.04. The van der Waals surface area contributed by atoms with Gasteiger partial charge in [-0.3, -0.25) is 10.2 Å². The van der Waals surface area contributed by atoms with Gasteiger partial charge < -0.3 is 4.74 Å². The summed E-state index contributed by atoms with van der Waals surface area (Å²) in [4.78, 5) is 11.1. The van der Waals surface area contributed by atoms with Crippen LogP contribution in [0, 0.1) is 13.8 Å². The Bertz CT molecular complexity index is 433. The number of methoxy groups -OCH3 is 1. The second-order valence-electron chi connectivity index (χ2n) is 3.88. The van der Waals surface area contributed by atoms with Crippen molar-refractivity contribution in [3.8, 4) is 5.75 Å². The van der Waals surface area contributed by atoms with Crippen molar-refractivity contribution < 1.29 is 9.53 Å². The van der Waals surface area contributed by atoms with Gasteiger partial charge in [-0.1, -0.05) is 11.6 Å². The summed E-state index contributed by atoms with van der Waals surface area (Å²) in [7, 11) is 1.61. The summed E-state index contributed by atoms with van der Waals surface area (Å²) in [6.45, 7) is 3.85. The number of halogens is 1. The van der Waals surface area contributed by atoms with Gasteiger partial charge in [0, 0.05) is 11.4 Å². The highest BCUT2D eigenvalue weighted by Crippen LogP contribution is 2.32. The predicted octanol–water partition coefficient (Wildman–Crippen LogP) is 1.89. The van der Waals surface area contributed by atoms with Crippen LogP contribution in [0.25, 0.3) is 0 Å². The van der Waals surface area contributed by atoms with E-state index in [0.29, 0.717) is 17.9 Å². The molecule has 0 saturated carbocycles. The highest BCUT2D eigenvalue weighted by Gasteiger charge is 2.13. The Morgan fingerprint density at radius 1 is 1.53 bits per heavy atom. The minimum atomic E-state index is -0.205. The first-order chi connectivity index (χ1) is 8.01. The van der Waals surface area contributed by atoms with E-state index in [1.165, 1.54) is 0 Å². The third-order valence-electron chi connectivity index (χ3n) is 2.76. The van der Waals surface area contributed by atoms with Gasteiger partial charge in [-0.25, -0.2) is 5.84 Å². The topological polar surface area (TPSA) is 64.3 Å². The Labute approximate surface area is 106 Å². The molecule has 0 saturated heterocycles. The second-order valence-corrected chi connectivity index (χ2v) is 4.26. The smallest absolute Gasteiger partial charge is 0.234 e. The predicted molar refractivity (Wildman–Crippen MR) is 68.1 cm³/mol. The number of hydrazine groups is 1. The minimum absolute atomic E-state index is 0.205. The van der Waals surface area contributed by atoms with Crippen molar-refractivity contribution in [1.82, 2.24) is 5.43 Å². The van der Waals surface area contributed by atoms with E-state index in [2.05, 4.69) is 5.43 Å². The van der Waals surface area contributed by atoms with Gasteiger partial charge in [-0.05, 0) is 43.0 Å². The molecule has 0 atom stereocenters. The van der Waals surface area contributed by atoms with Gasteiger partial charge >= 0.3 is 0 Å². The molecular weight excluding hydrogens is 240 g/mol. The molecule has 4 nitrogen and oxygen atoms in total. The highest BCUT2D eigenvalue weighted by atomic mass is 35.5. The zero-order valence-electron chi connectivity index (χ0n) is 10.3. The van der Waals surface area contributed by atoms with Crippen LogP contribution in [0.4, 0.5) is 0 Å². The van der Waals surface area contributed by atoms with Gasteiger partial charge in [0.25, 0.3) is 0 Å². The fourth-order valence-corrected chi connectivity index (χ4v) is 1.93. The molecule has 0 aliphatic heterocycles. The number of aryl methyl sites for hydroxylation is 1. The summed E-state index contributed by atoms with van der Waals surface area (Å²) in [5.74, 6) is 5.60. The molecule has 94 valence electrons. The molecule has 0 radical (unpaired) electrons. The third kappa shape index (κ3) is 3.11. The van der Waals surface area contributed by atoms with E-state index in [-0.39, 0.29) is 5.91 Å². The van der Waals surface area contributed by atoms with Gasteiger partial charge in [-0.2, -0.15) is 0 Å². The number of carbonyl (C=O) groups is 1. The van der Waals surface area contributed by atoms with Crippen molar-refractivity contribution in [3.05, 3.63) is 27.8 Å². The zero-order valence-corrected chi connectivity index (χ0v) is 11.0. The van der Waals surface area contributed by atoms with E-state index in [1.54, 1.807) is 7.11 Å². The van der Waals surface area contributed by atoms with E-state index < -0.39 is 0 Å². The Hall–Kier alpha value is -1.26. The fraction of sp³-hybridized carbons (Fsp3) is 0.417. The normalized spacial score (nSPS) is 10.2. The lowest BCUT2D eigenvalue weighted by Crippen LogP contribution is -2.30. The van der Waals surface area contributed by atoms with Gasteiger partial charge in [0.05, 0.1) is 7.11 Å². The van der Waals surface area contributed by atoms with Crippen LogP contribution >= 0.6 is 11.6 Å². The van der Waals surface area contributed by atoms with Crippen LogP contribution in [0.5, 0.6) is 5.75 Å². The van der Waals surface area contributed by atoms with E-state index >= 15 is 0 Å². The maximum atomic E-state index is 11.1. The average molecular weight is 257 g/mol. The molecule has 1 aromatic rings. The summed E-state index contributed by atoms with van der Waals surface area (Å²) < 4.78 is 5.31. The second kappa shape index (κ2) is 5.89. The van der Waals surface area contributed by atoms with Crippen molar-refractivity contribution in [3.63, 3.8) is 0 Å². The standard InChI is InChI=1S/C12H17ClN2O2/c1-7-6-10(17-3)9(8(2)12(7)13)4-5-11(16)15-14/h6H,4-5,14H2,1-3H3,(H,15,16). The number of carbonyl (C=O) groups excluding carboxylic acids is 1. The molecule has 0 bridgehead atoms. The highest BCUT2D eigenvalue weighted by molar-refractivity contribution is 6.32. The van der Waals surface area contributed by atoms with Crippen LogP contribution in [-0.4, -0.2) is 13.0 Å². The molecule has 0 heterocycles. The Morgan fingerprint density at radius 2 is 2.18 bits per heavy atom. The van der Waals surface area contributed by atoms with E-state index in [4.69, 9.17) is 22.2 Å². The maximum Gasteiger partial charge on any atom is 0.234 e. The van der Waals surface area contributed by atoms with Crippen molar-refractivity contribution in [2.24, 2.45) is 5.84 Å². The van der Waals surface area contributed by atoms with E-state index in [0.717, 1.165) is 22.4 Å². The van der Waals surface area contributed by atoms with Crippen LogP contribution in [0.3, 0.4) is 0 Å². The molecule has 0 aliphatic rings. The molecule has 0 unspecified atom stereocenters. The van der Waals surface area contributed by atoms with Crippen LogP contribution in [0.15, 0.2) is 6.07 Å². The molecule has 5 heteroatoms. The molecule has 0 spiro atoms. The fourth-order valence-electron chi connectivity index (χ4n) is 1.76. The van der Waals surface area contributed by atoms with Gasteiger partial charge in [0.1, 0.15) is 5.75 Å². The van der Waals surface area contributed by atoms with Crippen molar-refractivity contribution >= 4 is 17.5 Å². The average Bonchev–Trinajstić information content (AvgIpc) is 2.33. The number of hydrogen-bond acceptors (Lipinski definition) is 3. The first kappa shape index (κ1) is 13.8. The molecule has 1 amide bonds. The summed E-state index contributed by atoms with van der Waals surface area (Å²) in [6.07, 6.45) is 0.866. The van der Waals surface area contributed by atoms with Crippen LogP contribution in [-0.2, 0) is 11.2 Å². The lowest BCUT2D eigenvalue weighted by molar-refractivity contribution is -0.121. The Kier molecular flexibility index (Phi) is 4.78. The first-order valence-corrected chi connectivity index (χ1v) is 5.71. The monoisotopic (exact) mass is 256 g/mol. The molecule has 1 rings (SSSR count). The summed E-state index contributed by atoms with van der Waals surface area (Å²) in [5, 5.41) is 0.717. The van der Waals surface area contributed by atoms with Crippen molar-refractivity contribution in [2.75, 3.05) is 7.11 Å². The number of nitrogens with one attached hydrogen (secondary N) is 1. The first-order valence-electron chi connectivity index (χ1n) is 5.33. The SMILES string of the molecule is COc1cc(C)c(Cl)c(C)c1CCC(=O)NN. The van der Waals surface area contributed by atoms with Crippen LogP contribution < -0.4 is 16.0 Å². The zero-order chi connectivity index (χ0) is 13.0.